The summed E-state index contributed by atoms with van der Waals surface area (Å²) in [5, 5.41) is 0. The minimum Gasteiger partial charge on any atom is -0.493 e. The second-order valence-corrected chi connectivity index (χ2v) is 9.43. The lowest BCUT2D eigenvalue weighted by molar-refractivity contribution is 0.0698. The minimum absolute atomic E-state index is 0.0159. The van der Waals surface area contributed by atoms with Gasteiger partial charge in [-0.25, -0.2) is 8.42 Å². The molecule has 1 fully saturated rings. The number of methoxy groups -OCH3 is 3. The minimum atomic E-state index is -3.14. The quantitative estimate of drug-likeness (QED) is 0.637. The van der Waals surface area contributed by atoms with Crippen molar-refractivity contribution in [3.63, 3.8) is 0 Å². The van der Waals surface area contributed by atoms with Gasteiger partial charge >= 0.3 is 0 Å². The van der Waals surface area contributed by atoms with Crippen molar-refractivity contribution in [2.24, 2.45) is 0 Å². The first-order valence-electron chi connectivity index (χ1n) is 9.74. The molecule has 0 unspecified atom stereocenters. The summed E-state index contributed by atoms with van der Waals surface area (Å²) in [6.45, 7) is 0.416. The van der Waals surface area contributed by atoms with Crippen LogP contribution in [0.3, 0.4) is 0 Å². The monoisotopic (exact) mass is 433 g/mol. The summed E-state index contributed by atoms with van der Waals surface area (Å²) in [4.78, 5) is 15.1. The van der Waals surface area contributed by atoms with Crippen LogP contribution in [0.4, 0.5) is 0 Å². The second kappa shape index (κ2) is 9.38. The molecule has 1 heterocycles. The predicted octanol–water partition coefficient (Wildman–Crippen LogP) is 2.58. The van der Waals surface area contributed by atoms with Crippen LogP contribution in [0, 0.1) is 0 Å². The van der Waals surface area contributed by atoms with Gasteiger partial charge in [-0.05, 0) is 30.5 Å². The van der Waals surface area contributed by atoms with Crippen LogP contribution in [0.15, 0.2) is 42.5 Å². The van der Waals surface area contributed by atoms with Crippen molar-refractivity contribution in [3.8, 4) is 17.2 Å². The number of hydrogen-bond acceptors (Lipinski definition) is 6. The van der Waals surface area contributed by atoms with E-state index in [0.29, 0.717) is 42.2 Å². The van der Waals surface area contributed by atoms with Crippen LogP contribution in [0.2, 0.25) is 0 Å². The van der Waals surface area contributed by atoms with E-state index in [2.05, 4.69) is 0 Å². The molecule has 0 saturated carbocycles. The molecule has 1 atom stereocenters. The Hall–Kier alpha value is -2.74. The number of nitrogens with zero attached hydrogens (tertiary/aromatic N) is 1. The Morgan fingerprint density at radius 2 is 1.67 bits per heavy atom. The Balaban J connectivity index is 1.93. The zero-order chi connectivity index (χ0) is 21.7. The maximum atomic E-state index is 13.5. The second-order valence-electron chi connectivity index (χ2n) is 7.21. The molecule has 1 aliphatic rings. The average molecular weight is 434 g/mol. The van der Waals surface area contributed by atoms with E-state index in [0.717, 1.165) is 5.56 Å². The lowest BCUT2D eigenvalue weighted by atomic mass is 10.1. The molecule has 0 bridgehead atoms. The van der Waals surface area contributed by atoms with Gasteiger partial charge in [-0.1, -0.05) is 30.3 Å². The van der Waals surface area contributed by atoms with E-state index in [-0.39, 0.29) is 23.5 Å². The summed E-state index contributed by atoms with van der Waals surface area (Å²) in [7, 11) is 1.34. The van der Waals surface area contributed by atoms with Crippen molar-refractivity contribution < 1.29 is 27.4 Å². The third kappa shape index (κ3) is 4.87. The van der Waals surface area contributed by atoms with Gasteiger partial charge in [0, 0.05) is 18.2 Å². The molecule has 0 radical (unpaired) electrons. The predicted molar refractivity (Wildman–Crippen MR) is 114 cm³/mol. The molecular formula is C22H27NO6S. The maximum Gasteiger partial charge on any atom is 0.254 e. The Bertz CT molecular complexity index is 965. The summed E-state index contributed by atoms with van der Waals surface area (Å²) >= 11 is 0. The number of amides is 1. The lowest BCUT2D eigenvalue weighted by Gasteiger charge is -2.29. The van der Waals surface area contributed by atoms with E-state index in [9.17, 15) is 13.2 Å². The topological polar surface area (TPSA) is 82.1 Å². The highest BCUT2D eigenvalue weighted by Gasteiger charge is 2.35. The summed E-state index contributed by atoms with van der Waals surface area (Å²) < 4.78 is 40.2. The van der Waals surface area contributed by atoms with Gasteiger partial charge in [-0.2, -0.15) is 0 Å². The van der Waals surface area contributed by atoms with Crippen LogP contribution in [0.1, 0.15) is 22.3 Å². The van der Waals surface area contributed by atoms with Gasteiger partial charge in [0.15, 0.2) is 21.3 Å². The van der Waals surface area contributed by atoms with E-state index in [4.69, 9.17) is 14.2 Å². The lowest BCUT2D eigenvalue weighted by Crippen LogP contribution is -2.42. The number of carbonyl (C=O) groups is 1. The van der Waals surface area contributed by atoms with Crippen molar-refractivity contribution in [3.05, 3.63) is 53.6 Å². The van der Waals surface area contributed by atoms with Gasteiger partial charge in [0.05, 0.1) is 32.8 Å². The fourth-order valence-electron chi connectivity index (χ4n) is 3.74. The molecule has 0 spiro atoms. The number of ether oxygens (including phenoxy) is 3. The highest BCUT2D eigenvalue weighted by molar-refractivity contribution is 7.91. The standard InChI is InChI=1S/C22H27NO6S/c1-27-19-13-17(14-20(28-2)21(19)29-3)22(24)23(18-10-12-30(25,26)15-18)11-9-16-7-5-4-6-8-16/h4-8,13-14,18H,9-12,15H2,1-3H3/t18-/m0/s1. The molecule has 0 N–H and O–H groups in total. The summed E-state index contributed by atoms with van der Waals surface area (Å²) in [5.41, 5.74) is 1.45. The molecule has 8 heteroatoms. The fraction of sp³-hybridized carbons (Fsp3) is 0.409. The smallest absolute Gasteiger partial charge is 0.254 e. The van der Waals surface area contributed by atoms with Crippen molar-refractivity contribution >= 4 is 15.7 Å². The van der Waals surface area contributed by atoms with E-state index >= 15 is 0 Å². The molecule has 2 aromatic carbocycles. The summed E-state index contributed by atoms with van der Waals surface area (Å²) in [6, 6.07) is 12.7. The van der Waals surface area contributed by atoms with Gasteiger partial charge in [0.1, 0.15) is 0 Å². The molecule has 30 heavy (non-hydrogen) atoms. The molecule has 1 saturated heterocycles. The Morgan fingerprint density at radius 3 is 2.17 bits per heavy atom. The van der Waals surface area contributed by atoms with E-state index in [1.165, 1.54) is 21.3 Å². The Labute approximate surface area is 177 Å². The number of sulfone groups is 1. The number of benzene rings is 2. The van der Waals surface area contributed by atoms with Gasteiger partial charge < -0.3 is 19.1 Å². The van der Waals surface area contributed by atoms with Crippen LogP contribution in [0.5, 0.6) is 17.2 Å². The molecule has 3 rings (SSSR count). The molecule has 0 aromatic heterocycles. The molecule has 0 aliphatic carbocycles. The zero-order valence-electron chi connectivity index (χ0n) is 17.5. The first-order valence-corrected chi connectivity index (χ1v) is 11.6. The van der Waals surface area contributed by atoms with Gasteiger partial charge in [-0.3, -0.25) is 4.79 Å². The first kappa shape index (κ1) is 22.0. The van der Waals surface area contributed by atoms with Crippen molar-refractivity contribution in [2.75, 3.05) is 39.4 Å². The van der Waals surface area contributed by atoms with Crippen molar-refractivity contribution in [2.45, 2.75) is 18.9 Å². The number of hydrogen-bond donors (Lipinski definition) is 0. The summed E-state index contributed by atoms with van der Waals surface area (Å²) in [6.07, 6.45) is 1.07. The van der Waals surface area contributed by atoms with Gasteiger partial charge in [0.25, 0.3) is 5.91 Å². The van der Waals surface area contributed by atoms with E-state index in [1.807, 2.05) is 30.3 Å². The van der Waals surface area contributed by atoms with Crippen LogP contribution >= 0.6 is 0 Å². The first-order chi connectivity index (χ1) is 14.4. The summed E-state index contributed by atoms with van der Waals surface area (Å²) in [5.74, 6) is 0.979. The molecule has 1 amide bonds. The van der Waals surface area contributed by atoms with E-state index < -0.39 is 9.84 Å². The van der Waals surface area contributed by atoms with Gasteiger partial charge in [0.2, 0.25) is 5.75 Å². The number of carbonyl (C=O) groups excluding carboxylic acids is 1. The third-order valence-electron chi connectivity index (χ3n) is 5.31. The zero-order valence-corrected chi connectivity index (χ0v) is 18.3. The molecule has 162 valence electrons. The van der Waals surface area contributed by atoms with Gasteiger partial charge in [-0.15, -0.1) is 0 Å². The SMILES string of the molecule is COc1cc(C(=O)N(CCc2ccccc2)[C@H]2CCS(=O)(=O)C2)cc(OC)c1OC. The Morgan fingerprint density at radius 1 is 1.03 bits per heavy atom. The average Bonchev–Trinajstić information content (AvgIpc) is 3.12. The molecule has 2 aromatic rings. The highest BCUT2D eigenvalue weighted by atomic mass is 32.2. The van der Waals surface area contributed by atoms with Crippen molar-refractivity contribution in [1.82, 2.24) is 4.90 Å². The fourth-order valence-corrected chi connectivity index (χ4v) is 5.47. The maximum absolute atomic E-state index is 13.5. The Kier molecular flexibility index (Phi) is 6.87. The highest BCUT2D eigenvalue weighted by Crippen LogP contribution is 2.38. The van der Waals surface area contributed by atoms with Crippen LogP contribution in [-0.2, 0) is 16.3 Å². The van der Waals surface area contributed by atoms with Crippen LogP contribution in [0.25, 0.3) is 0 Å². The largest absolute Gasteiger partial charge is 0.493 e. The molecule has 1 aliphatic heterocycles. The molecular weight excluding hydrogens is 406 g/mol. The van der Waals surface area contributed by atoms with Crippen LogP contribution < -0.4 is 14.2 Å². The molecule has 7 nitrogen and oxygen atoms in total. The third-order valence-corrected chi connectivity index (χ3v) is 7.06. The van der Waals surface area contributed by atoms with Crippen LogP contribution in [-0.4, -0.2) is 64.6 Å². The van der Waals surface area contributed by atoms with E-state index in [1.54, 1.807) is 17.0 Å². The van der Waals surface area contributed by atoms with Crippen molar-refractivity contribution in [1.29, 1.82) is 0 Å². The number of rotatable bonds is 8. The normalized spacial score (nSPS) is 17.4.